The number of carbonyl (C=O) groups excluding carboxylic acids is 1. The van der Waals surface area contributed by atoms with Crippen molar-refractivity contribution in [2.45, 2.75) is 51.4 Å². The van der Waals surface area contributed by atoms with Crippen LogP contribution in [0.25, 0.3) is 0 Å². The fourth-order valence-electron chi connectivity index (χ4n) is 1.17. The zero-order chi connectivity index (χ0) is 12.4. The average Bonchev–Trinajstić information content (AvgIpc) is 2.15. The molecule has 0 radical (unpaired) electrons. The van der Waals surface area contributed by atoms with E-state index in [4.69, 9.17) is 10.6 Å². The van der Waals surface area contributed by atoms with E-state index in [1.54, 1.807) is 0 Å². The molecule has 0 saturated carbocycles. The summed E-state index contributed by atoms with van der Waals surface area (Å²) >= 11 is 0. The Bertz CT molecular complexity index is 192. The summed E-state index contributed by atoms with van der Waals surface area (Å²) in [5.74, 6) is 4.81. The van der Waals surface area contributed by atoms with Crippen LogP contribution in [0.1, 0.15) is 25.7 Å². The van der Waals surface area contributed by atoms with Gasteiger partial charge in [-0.3, -0.25) is 4.79 Å². The molecule has 0 aromatic heterocycles. The van der Waals surface area contributed by atoms with E-state index in [-0.39, 0.29) is 5.97 Å². The molecule has 5 heteroatoms. The summed E-state index contributed by atoms with van der Waals surface area (Å²) in [5.41, 5.74) is 0. The summed E-state index contributed by atoms with van der Waals surface area (Å²) in [5, 5.41) is 0. The van der Waals surface area contributed by atoms with Gasteiger partial charge in [-0.2, -0.15) is 0 Å². The van der Waals surface area contributed by atoms with E-state index in [0.717, 1.165) is 25.3 Å². The van der Waals surface area contributed by atoms with Crippen LogP contribution in [0.15, 0.2) is 0 Å². The zero-order valence-corrected chi connectivity index (χ0v) is 11.8. The number of rotatable bonds is 9. The second-order valence-electron chi connectivity index (χ2n) is 5.21. The molecule has 0 aliphatic carbocycles. The molecule has 0 fully saturated rings. The van der Waals surface area contributed by atoms with Crippen molar-refractivity contribution in [3.63, 3.8) is 0 Å². The van der Waals surface area contributed by atoms with E-state index in [0.29, 0.717) is 19.6 Å². The Morgan fingerprint density at radius 3 is 2.38 bits per heavy atom. The lowest BCUT2D eigenvalue weighted by Gasteiger charge is -2.15. The quantitative estimate of drug-likeness (QED) is 0.294. The molecule has 4 nitrogen and oxygen atoms in total. The largest absolute Gasteiger partial charge is 0.466 e. The van der Waals surface area contributed by atoms with Gasteiger partial charge in [-0.15, -0.1) is 0 Å². The maximum atomic E-state index is 11.3. The predicted octanol–water partition coefficient (Wildman–Crippen LogP) is 2.32. The third-order valence-corrected chi connectivity index (χ3v) is 3.96. The van der Waals surface area contributed by atoms with E-state index < -0.39 is 8.07 Å². The molecule has 0 aromatic carbocycles. The van der Waals surface area contributed by atoms with Gasteiger partial charge in [-0.05, 0) is 18.9 Å². The van der Waals surface area contributed by atoms with Crippen LogP contribution in [-0.2, 0) is 14.4 Å². The molecule has 96 valence electrons. The smallest absolute Gasteiger partial charge is 0.305 e. The molecule has 0 atom stereocenters. The number of hydrogen-bond acceptors (Lipinski definition) is 4. The summed E-state index contributed by atoms with van der Waals surface area (Å²) in [4.78, 5) is 15.7. The first kappa shape index (κ1) is 15.6. The Morgan fingerprint density at radius 2 is 1.81 bits per heavy atom. The second-order valence-corrected chi connectivity index (χ2v) is 10.8. The lowest BCUT2D eigenvalue weighted by Crippen LogP contribution is -2.22. The van der Waals surface area contributed by atoms with Crippen molar-refractivity contribution in [2.75, 3.05) is 13.2 Å². The van der Waals surface area contributed by atoms with Gasteiger partial charge in [0.05, 0.1) is 13.2 Å². The number of esters is 1. The van der Waals surface area contributed by atoms with Gasteiger partial charge in [-0.25, -0.2) is 5.90 Å². The van der Waals surface area contributed by atoms with Crippen LogP contribution >= 0.6 is 0 Å². The Balaban J connectivity index is 3.32. The van der Waals surface area contributed by atoms with Crippen LogP contribution < -0.4 is 5.90 Å². The average molecular weight is 247 g/mol. The maximum absolute atomic E-state index is 11.3. The maximum Gasteiger partial charge on any atom is 0.305 e. The molecular weight excluding hydrogens is 222 g/mol. The molecule has 0 aromatic rings. The topological polar surface area (TPSA) is 61.5 Å². The summed E-state index contributed by atoms with van der Waals surface area (Å²) in [7, 11) is -1.08. The van der Waals surface area contributed by atoms with E-state index in [1.807, 2.05) is 0 Å². The van der Waals surface area contributed by atoms with Gasteiger partial charge < -0.3 is 9.57 Å². The standard InChI is InChI=1S/C11H25NO3Si/c1-16(2,3)10-9-14-11(13)7-5-4-6-8-15-12/h4-10,12H2,1-3H3. The molecule has 0 rings (SSSR count). The first-order valence-corrected chi connectivity index (χ1v) is 9.64. The Morgan fingerprint density at radius 1 is 1.12 bits per heavy atom. The summed E-state index contributed by atoms with van der Waals surface area (Å²) < 4.78 is 5.16. The lowest BCUT2D eigenvalue weighted by atomic mass is 10.2. The monoisotopic (exact) mass is 247 g/mol. The first-order valence-electron chi connectivity index (χ1n) is 5.93. The number of carbonyl (C=O) groups is 1. The third kappa shape index (κ3) is 11.7. The van der Waals surface area contributed by atoms with Crippen LogP contribution in [0.3, 0.4) is 0 Å². The van der Waals surface area contributed by atoms with E-state index >= 15 is 0 Å². The van der Waals surface area contributed by atoms with Crippen LogP contribution in [0.2, 0.25) is 25.7 Å². The van der Waals surface area contributed by atoms with Gasteiger partial charge in [0.15, 0.2) is 0 Å². The molecule has 16 heavy (non-hydrogen) atoms. The minimum absolute atomic E-state index is 0.0769. The number of hydrogen-bond donors (Lipinski definition) is 1. The van der Waals surface area contributed by atoms with Crippen molar-refractivity contribution >= 4 is 14.0 Å². The highest BCUT2D eigenvalue weighted by molar-refractivity contribution is 6.76. The van der Waals surface area contributed by atoms with Crippen LogP contribution in [0, 0.1) is 0 Å². The Kier molecular flexibility index (Phi) is 8.51. The molecule has 0 amide bonds. The molecule has 2 N–H and O–H groups in total. The fourth-order valence-corrected chi connectivity index (χ4v) is 1.89. The van der Waals surface area contributed by atoms with Crippen molar-refractivity contribution in [3.8, 4) is 0 Å². The molecule has 0 unspecified atom stereocenters. The molecule has 0 bridgehead atoms. The molecule has 0 spiro atoms. The summed E-state index contributed by atoms with van der Waals surface area (Å²) in [6, 6.07) is 1.04. The normalized spacial score (nSPS) is 11.5. The first-order chi connectivity index (χ1) is 7.45. The Labute approximate surface area is 99.5 Å². The number of ether oxygens (including phenoxy) is 1. The van der Waals surface area contributed by atoms with E-state index in [2.05, 4.69) is 24.5 Å². The predicted molar refractivity (Wildman–Crippen MR) is 67.7 cm³/mol. The minimum Gasteiger partial charge on any atom is -0.466 e. The van der Waals surface area contributed by atoms with Crippen LogP contribution in [-0.4, -0.2) is 27.3 Å². The van der Waals surface area contributed by atoms with Crippen molar-refractivity contribution in [1.82, 2.24) is 0 Å². The van der Waals surface area contributed by atoms with Gasteiger partial charge in [0.25, 0.3) is 0 Å². The molecule has 0 aliphatic heterocycles. The van der Waals surface area contributed by atoms with E-state index in [9.17, 15) is 4.79 Å². The lowest BCUT2D eigenvalue weighted by molar-refractivity contribution is -0.143. The van der Waals surface area contributed by atoms with Gasteiger partial charge in [0, 0.05) is 14.5 Å². The summed E-state index contributed by atoms with van der Waals surface area (Å²) in [6.07, 6.45) is 3.23. The van der Waals surface area contributed by atoms with Gasteiger partial charge in [-0.1, -0.05) is 26.1 Å². The van der Waals surface area contributed by atoms with Crippen molar-refractivity contribution < 1.29 is 14.4 Å². The number of unbranched alkanes of at least 4 members (excludes halogenated alkanes) is 2. The molecular formula is C11H25NO3Si. The van der Waals surface area contributed by atoms with Crippen molar-refractivity contribution in [1.29, 1.82) is 0 Å². The SMILES string of the molecule is C[Si](C)(C)CCOC(=O)CCCCCON. The fraction of sp³-hybridized carbons (Fsp3) is 0.909. The minimum atomic E-state index is -1.08. The van der Waals surface area contributed by atoms with Gasteiger partial charge >= 0.3 is 5.97 Å². The highest BCUT2D eigenvalue weighted by atomic mass is 28.3. The molecule has 0 aliphatic rings. The van der Waals surface area contributed by atoms with Crippen LogP contribution in [0.5, 0.6) is 0 Å². The van der Waals surface area contributed by atoms with E-state index in [1.165, 1.54) is 0 Å². The highest BCUT2D eigenvalue weighted by Crippen LogP contribution is 2.08. The third-order valence-electron chi connectivity index (χ3n) is 2.26. The molecule has 0 saturated heterocycles. The second kappa shape index (κ2) is 8.72. The van der Waals surface area contributed by atoms with Crippen LogP contribution in [0.4, 0.5) is 0 Å². The summed E-state index contributed by atoms with van der Waals surface area (Å²) in [6.45, 7) is 7.96. The highest BCUT2D eigenvalue weighted by Gasteiger charge is 2.13. The zero-order valence-electron chi connectivity index (χ0n) is 10.8. The van der Waals surface area contributed by atoms with Crippen molar-refractivity contribution in [2.24, 2.45) is 5.90 Å². The number of nitrogens with two attached hydrogens (primary N) is 1. The van der Waals surface area contributed by atoms with Gasteiger partial charge in [0.2, 0.25) is 0 Å². The molecule has 0 heterocycles. The van der Waals surface area contributed by atoms with Crippen molar-refractivity contribution in [3.05, 3.63) is 0 Å². The van der Waals surface area contributed by atoms with Gasteiger partial charge in [0.1, 0.15) is 0 Å². The Hall–Kier alpha value is -0.393.